The summed E-state index contributed by atoms with van der Waals surface area (Å²) in [7, 11) is 0. The molecular formula is C20H20F3N5OS. The Balaban J connectivity index is 1.66. The second kappa shape index (κ2) is 7.57. The van der Waals surface area contributed by atoms with Crippen LogP contribution in [0.2, 0.25) is 0 Å². The van der Waals surface area contributed by atoms with Crippen LogP contribution in [0.4, 0.5) is 18.9 Å². The van der Waals surface area contributed by atoms with Gasteiger partial charge in [-0.25, -0.2) is 9.50 Å². The fourth-order valence-electron chi connectivity index (χ4n) is 3.81. The Hall–Kier alpha value is -2.62. The van der Waals surface area contributed by atoms with Gasteiger partial charge in [0.25, 0.3) is 5.78 Å². The lowest BCUT2D eigenvalue weighted by Crippen LogP contribution is -2.37. The fourth-order valence-corrected chi connectivity index (χ4v) is 4.15. The molecule has 0 atom stereocenters. The molecule has 0 radical (unpaired) electrons. The second-order valence-corrected chi connectivity index (χ2v) is 8.01. The third-order valence-electron chi connectivity index (χ3n) is 5.37. The van der Waals surface area contributed by atoms with E-state index in [-0.39, 0.29) is 12.3 Å². The molecule has 0 N–H and O–H groups in total. The summed E-state index contributed by atoms with van der Waals surface area (Å²) in [4.78, 5) is 23.5. The minimum absolute atomic E-state index is 0.0928. The van der Waals surface area contributed by atoms with E-state index in [1.807, 2.05) is 20.1 Å². The Morgan fingerprint density at radius 1 is 1.23 bits per heavy atom. The van der Waals surface area contributed by atoms with Crippen molar-refractivity contribution in [3.8, 4) is 0 Å². The summed E-state index contributed by atoms with van der Waals surface area (Å²) >= 11 is 1.41. The molecule has 4 rings (SSSR count). The molecule has 2 aromatic heterocycles. The van der Waals surface area contributed by atoms with E-state index in [0.29, 0.717) is 47.3 Å². The van der Waals surface area contributed by atoms with Gasteiger partial charge in [0.1, 0.15) is 0 Å². The number of aryl methyl sites for hydroxylation is 3. The number of benzene rings is 1. The van der Waals surface area contributed by atoms with Crippen molar-refractivity contribution in [2.24, 2.45) is 0 Å². The second-order valence-electron chi connectivity index (χ2n) is 7.24. The number of carbonyl (C=O) groups excluding carboxylic acids is 1. The van der Waals surface area contributed by atoms with E-state index < -0.39 is 11.7 Å². The van der Waals surface area contributed by atoms with Gasteiger partial charge in [0.05, 0.1) is 12.0 Å². The summed E-state index contributed by atoms with van der Waals surface area (Å²) in [5, 5.41) is 4.99. The zero-order chi connectivity index (χ0) is 21.6. The maximum atomic E-state index is 13.1. The number of carbonyl (C=O) groups is 1. The topological polar surface area (TPSA) is 63.4 Å². The number of thioether (sulfide) groups is 1. The van der Waals surface area contributed by atoms with Crippen molar-refractivity contribution in [3.05, 3.63) is 46.3 Å². The van der Waals surface area contributed by atoms with Crippen LogP contribution in [-0.2, 0) is 23.8 Å². The number of rotatable bonds is 3. The Labute approximate surface area is 175 Å². The van der Waals surface area contributed by atoms with Crippen molar-refractivity contribution < 1.29 is 18.0 Å². The predicted octanol–water partition coefficient (Wildman–Crippen LogP) is 4.00. The molecule has 158 valence electrons. The maximum absolute atomic E-state index is 13.1. The van der Waals surface area contributed by atoms with Crippen molar-refractivity contribution in [2.45, 2.75) is 44.4 Å². The number of anilines is 1. The van der Waals surface area contributed by atoms with Gasteiger partial charge >= 0.3 is 6.18 Å². The fraction of sp³-hybridized carbons (Fsp3) is 0.400. The van der Waals surface area contributed by atoms with Crippen LogP contribution in [0, 0.1) is 13.8 Å². The molecule has 1 aromatic carbocycles. The van der Waals surface area contributed by atoms with Crippen LogP contribution >= 0.6 is 11.8 Å². The van der Waals surface area contributed by atoms with Crippen molar-refractivity contribution in [3.63, 3.8) is 0 Å². The third-order valence-corrected chi connectivity index (χ3v) is 5.90. The molecule has 30 heavy (non-hydrogen) atoms. The molecule has 0 saturated carbocycles. The lowest BCUT2D eigenvalue weighted by molar-refractivity contribution is -0.137. The van der Waals surface area contributed by atoms with Crippen LogP contribution in [0.15, 0.2) is 23.4 Å². The van der Waals surface area contributed by atoms with Crippen LogP contribution in [0.5, 0.6) is 0 Å². The van der Waals surface area contributed by atoms with Crippen LogP contribution in [-0.4, -0.2) is 38.3 Å². The molecular weight excluding hydrogens is 415 g/mol. The highest BCUT2D eigenvalue weighted by atomic mass is 32.2. The zero-order valence-corrected chi connectivity index (χ0v) is 17.6. The first-order valence-corrected chi connectivity index (χ1v) is 10.7. The average Bonchev–Trinajstić information content (AvgIpc) is 3.12. The van der Waals surface area contributed by atoms with Gasteiger partial charge in [0.15, 0.2) is 0 Å². The average molecular weight is 435 g/mol. The number of fused-ring (bicyclic) bond motifs is 2. The highest BCUT2D eigenvalue weighted by molar-refractivity contribution is 7.98. The molecule has 0 aliphatic carbocycles. The molecule has 0 saturated heterocycles. The summed E-state index contributed by atoms with van der Waals surface area (Å²) in [6.45, 7) is 4.16. The molecule has 3 heterocycles. The van der Waals surface area contributed by atoms with Gasteiger partial charge in [-0.3, -0.25) is 4.79 Å². The number of amides is 1. The Kier molecular flexibility index (Phi) is 5.21. The number of hydrogen-bond acceptors (Lipinski definition) is 5. The van der Waals surface area contributed by atoms with Gasteiger partial charge in [0, 0.05) is 29.2 Å². The Morgan fingerprint density at radius 3 is 2.70 bits per heavy atom. The number of aromatic nitrogens is 4. The van der Waals surface area contributed by atoms with Crippen molar-refractivity contribution in [1.29, 1.82) is 0 Å². The van der Waals surface area contributed by atoms with E-state index in [1.165, 1.54) is 17.8 Å². The highest BCUT2D eigenvalue weighted by Gasteiger charge is 2.33. The molecule has 0 fully saturated rings. The third kappa shape index (κ3) is 3.64. The normalized spacial score (nSPS) is 14.3. The standard InChI is InChI=1S/C20H20F3N5OS/c1-11-15(12(2)28-18(24-11)25-19(26-28)30-3)10-17(29)27-8-4-5-13-9-14(20(21,22)23)6-7-16(13)27/h6-7,9H,4-5,8,10H2,1-3H3. The number of halogens is 3. The lowest BCUT2D eigenvalue weighted by Gasteiger charge is -2.30. The summed E-state index contributed by atoms with van der Waals surface area (Å²) in [6.07, 6.45) is -1.29. The summed E-state index contributed by atoms with van der Waals surface area (Å²) in [5.74, 6) is 0.307. The smallest absolute Gasteiger partial charge is 0.312 e. The van der Waals surface area contributed by atoms with Gasteiger partial charge in [-0.15, -0.1) is 5.10 Å². The molecule has 0 bridgehead atoms. The largest absolute Gasteiger partial charge is 0.416 e. The van der Waals surface area contributed by atoms with E-state index in [9.17, 15) is 18.0 Å². The molecule has 0 unspecified atom stereocenters. The SMILES string of the molecule is CSc1nc2nc(C)c(CC(=O)N3CCCc4cc(C(F)(F)F)ccc43)c(C)n2n1. The van der Waals surface area contributed by atoms with Crippen molar-refractivity contribution in [1.82, 2.24) is 19.6 Å². The van der Waals surface area contributed by atoms with Gasteiger partial charge in [-0.2, -0.15) is 18.2 Å². The van der Waals surface area contributed by atoms with E-state index >= 15 is 0 Å². The molecule has 0 spiro atoms. The Morgan fingerprint density at radius 2 is 2.00 bits per heavy atom. The monoisotopic (exact) mass is 435 g/mol. The van der Waals surface area contributed by atoms with Gasteiger partial charge in [-0.1, -0.05) is 11.8 Å². The van der Waals surface area contributed by atoms with E-state index in [0.717, 1.165) is 23.4 Å². The quantitative estimate of drug-likeness (QED) is 0.582. The summed E-state index contributed by atoms with van der Waals surface area (Å²) < 4.78 is 40.8. The molecule has 10 heteroatoms. The van der Waals surface area contributed by atoms with Gasteiger partial charge in [0.2, 0.25) is 11.1 Å². The molecule has 3 aromatic rings. The first kappa shape index (κ1) is 20.6. The Bertz CT molecular complexity index is 1140. The minimum Gasteiger partial charge on any atom is -0.312 e. The summed E-state index contributed by atoms with van der Waals surface area (Å²) in [5.41, 5.74) is 2.64. The lowest BCUT2D eigenvalue weighted by atomic mass is 9.98. The maximum Gasteiger partial charge on any atom is 0.416 e. The molecule has 6 nitrogen and oxygen atoms in total. The van der Waals surface area contributed by atoms with E-state index in [4.69, 9.17) is 0 Å². The van der Waals surface area contributed by atoms with Crippen LogP contribution in [0.3, 0.4) is 0 Å². The minimum atomic E-state index is -4.40. The van der Waals surface area contributed by atoms with Gasteiger partial charge in [-0.05, 0) is 56.7 Å². The van der Waals surface area contributed by atoms with Crippen molar-refractivity contribution >= 4 is 29.1 Å². The van der Waals surface area contributed by atoms with Crippen LogP contribution < -0.4 is 4.90 Å². The molecule has 1 aliphatic heterocycles. The number of alkyl halides is 3. The van der Waals surface area contributed by atoms with E-state index in [1.54, 1.807) is 9.42 Å². The molecule has 1 aliphatic rings. The van der Waals surface area contributed by atoms with E-state index in [2.05, 4.69) is 15.1 Å². The van der Waals surface area contributed by atoms with Crippen molar-refractivity contribution in [2.75, 3.05) is 17.7 Å². The van der Waals surface area contributed by atoms with Crippen LogP contribution in [0.25, 0.3) is 5.78 Å². The predicted molar refractivity (Wildman–Crippen MR) is 108 cm³/mol. The zero-order valence-electron chi connectivity index (χ0n) is 16.7. The number of hydrogen-bond donors (Lipinski definition) is 0. The first-order chi connectivity index (χ1) is 14.2. The molecule has 1 amide bonds. The number of nitrogens with zero attached hydrogens (tertiary/aromatic N) is 5. The summed E-state index contributed by atoms with van der Waals surface area (Å²) in [6, 6.07) is 3.59. The highest BCUT2D eigenvalue weighted by Crippen LogP contribution is 2.35. The van der Waals surface area contributed by atoms with Gasteiger partial charge < -0.3 is 4.90 Å². The first-order valence-electron chi connectivity index (χ1n) is 9.46. The van der Waals surface area contributed by atoms with Crippen LogP contribution in [0.1, 0.15) is 34.5 Å².